The van der Waals surface area contributed by atoms with Crippen LogP contribution in [0.1, 0.15) is 71.2 Å². The van der Waals surface area contributed by atoms with Crippen molar-refractivity contribution < 1.29 is 43.7 Å². The Hall–Kier alpha value is -1.18. The van der Waals surface area contributed by atoms with Crippen LogP contribution in [-0.4, -0.2) is 6.88 Å². The first-order chi connectivity index (χ1) is 15.7. The first-order valence-electron chi connectivity index (χ1n) is 12.2. The molecule has 0 fully saturated rings. The third kappa shape index (κ3) is 4.66. The van der Waals surface area contributed by atoms with Gasteiger partial charge in [0.1, 0.15) is 0 Å². The minimum atomic E-state index is -3.01. The van der Waals surface area contributed by atoms with Crippen LogP contribution in [0.2, 0.25) is 0 Å². The standard InChI is InChI=1S/2C12H13.C7H7.2ClH.H2Si.Zr/c2*1-8-6-11-9(2)4-5-10(3)12(11)7-8;1-7-5-3-2-4-6-7;;;;/h2*4-7H,1-3H3;2-6H,1H2;2*1H;1H2;/q;;;;;;+2/p-2. The van der Waals surface area contributed by atoms with Crippen molar-refractivity contribution >= 4 is 19.0 Å². The van der Waals surface area contributed by atoms with Gasteiger partial charge >= 0.3 is 207 Å². The van der Waals surface area contributed by atoms with Crippen LogP contribution in [0.4, 0.5) is 0 Å². The summed E-state index contributed by atoms with van der Waals surface area (Å²) in [6.07, 6.45) is 5.07. The fourth-order valence-electron chi connectivity index (χ4n) is 6.76. The fraction of sp³-hybridized carbons (Fsp3) is 0.290. The molecular weight excluding hydrogens is 563 g/mol. The Morgan fingerprint density at radius 2 is 1.00 bits per heavy atom. The number of benzene rings is 3. The summed E-state index contributed by atoms with van der Waals surface area (Å²) in [4.78, 5) is 0. The van der Waals surface area contributed by atoms with Crippen LogP contribution in [0.25, 0.3) is 12.2 Å². The van der Waals surface area contributed by atoms with Gasteiger partial charge in [-0.3, -0.25) is 0 Å². The van der Waals surface area contributed by atoms with Crippen LogP contribution in [0.15, 0.2) is 65.7 Å². The Balaban J connectivity index is 0.00000171. The number of aryl methyl sites for hydroxylation is 4. The number of halogens is 2. The molecule has 5 rings (SSSR count). The van der Waals surface area contributed by atoms with Gasteiger partial charge in [-0.1, -0.05) is 0 Å². The number of fused-ring (bicyclic) bond motifs is 2. The largest absolute Gasteiger partial charge is 1.00 e. The van der Waals surface area contributed by atoms with Crippen molar-refractivity contribution in [3.05, 3.63) is 116 Å². The van der Waals surface area contributed by atoms with Gasteiger partial charge in [-0.2, -0.15) is 0 Å². The van der Waals surface area contributed by atoms with E-state index in [1.165, 1.54) is 43.1 Å². The molecule has 2 aliphatic carbocycles. The van der Waals surface area contributed by atoms with Crippen molar-refractivity contribution in [1.29, 1.82) is 0 Å². The SMILES string of the molecule is CC1=Cc2c(C)ccc(C)c2[CH]1[Zr+2](=[SiH2])([CH2]c1ccccc1)[CH]1C(C)=Cc2c(C)ccc(C)c21.[Cl-].[Cl-]. The average Bonchev–Trinajstić information content (AvgIpc) is 3.33. The third-order valence-corrected chi connectivity index (χ3v) is 26.4. The van der Waals surface area contributed by atoms with Gasteiger partial charge in [-0.25, -0.2) is 0 Å². The van der Waals surface area contributed by atoms with Gasteiger partial charge in [0.25, 0.3) is 0 Å². The molecule has 0 saturated carbocycles. The molecule has 2 atom stereocenters. The summed E-state index contributed by atoms with van der Waals surface area (Å²) in [7, 11) is 0. The van der Waals surface area contributed by atoms with Gasteiger partial charge in [-0.15, -0.1) is 0 Å². The molecule has 0 saturated heterocycles. The summed E-state index contributed by atoms with van der Waals surface area (Å²) in [5.74, 6) is 0. The summed E-state index contributed by atoms with van der Waals surface area (Å²) < 4.78 is 2.51. The normalized spacial score (nSPS) is 18.6. The monoisotopic (exact) mass is 595 g/mol. The second-order valence-electron chi connectivity index (χ2n) is 10.6. The first-order valence-corrected chi connectivity index (χ1v) is 22.7. The van der Waals surface area contributed by atoms with Gasteiger partial charge in [-0.05, 0) is 0 Å². The van der Waals surface area contributed by atoms with E-state index in [2.05, 4.69) is 115 Å². The maximum absolute atomic E-state index is 3.01. The van der Waals surface area contributed by atoms with Gasteiger partial charge in [0, 0.05) is 0 Å². The zero-order valence-electron chi connectivity index (χ0n) is 21.7. The fourth-order valence-corrected chi connectivity index (χ4v) is 28.5. The molecule has 3 aromatic carbocycles. The molecule has 35 heavy (non-hydrogen) atoms. The second kappa shape index (κ2) is 10.7. The maximum atomic E-state index is 2.53. The molecule has 0 radical (unpaired) electrons. The van der Waals surface area contributed by atoms with E-state index in [-0.39, 0.29) is 24.8 Å². The topological polar surface area (TPSA) is 0 Å². The predicted octanol–water partition coefficient (Wildman–Crippen LogP) is 1.45. The number of rotatable bonds is 4. The third-order valence-electron chi connectivity index (χ3n) is 8.20. The molecule has 0 aliphatic heterocycles. The van der Waals surface area contributed by atoms with E-state index in [1.54, 1.807) is 22.3 Å². The Labute approximate surface area is 229 Å². The molecule has 2 unspecified atom stereocenters. The molecule has 0 bridgehead atoms. The number of hydrogen-bond donors (Lipinski definition) is 0. The van der Waals surface area contributed by atoms with Crippen molar-refractivity contribution in [3.8, 4) is 0 Å². The van der Waals surface area contributed by atoms with E-state index in [0.717, 1.165) is 0 Å². The smallest absolute Gasteiger partial charge is 1.00 e. The van der Waals surface area contributed by atoms with Crippen LogP contribution >= 0.6 is 0 Å². The zero-order chi connectivity index (χ0) is 23.5. The molecule has 0 aromatic heterocycles. The summed E-state index contributed by atoms with van der Waals surface area (Å²) in [6.45, 7) is 16.6. The van der Waals surface area contributed by atoms with Crippen molar-refractivity contribution in [2.24, 2.45) is 0 Å². The van der Waals surface area contributed by atoms with Gasteiger partial charge in [0.05, 0.1) is 0 Å². The van der Waals surface area contributed by atoms with Crippen LogP contribution < -0.4 is 24.8 Å². The van der Waals surface area contributed by atoms with Crippen molar-refractivity contribution in [2.45, 2.75) is 52.9 Å². The minimum Gasteiger partial charge on any atom is -1.00 e. The minimum absolute atomic E-state index is 0. The molecule has 0 spiro atoms. The van der Waals surface area contributed by atoms with Gasteiger partial charge < -0.3 is 24.8 Å². The summed E-state index contributed by atoms with van der Waals surface area (Å²) in [5.41, 5.74) is 16.9. The molecule has 4 heteroatoms. The van der Waals surface area contributed by atoms with Gasteiger partial charge in [0.15, 0.2) is 0 Å². The molecule has 0 heterocycles. The Kier molecular flexibility index (Phi) is 8.65. The second-order valence-corrected chi connectivity index (χ2v) is 28.1. The van der Waals surface area contributed by atoms with Crippen molar-refractivity contribution in [1.82, 2.24) is 0 Å². The van der Waals surface area contributed by atoms with E-state index < -0.39 is 18.9 Å². The number of allylic oxidation sites excluding steroid dienone is 2. The summed E-state index contributed by atoms with van der Waals surface area (Å²) in [5, 5.41) is 0. The van der Waals surface area contributed by atoms with Crippen molar-refractivity contribution in [3.63, 3.8) is 0 Å². The Morgan fingerprint density at radius 1 is 0.600 bits per heavy atom. The molecule has 0 amide bonds. The molecular formula is C31H35Cl2SiZr. The molecule has 0 nitrogen and oxygen atoms in total. The first kappa shape index (κ1) is 28.4. The van der Waals surface area contributed by atoms with Crippen molar-refractivity contribution in [2.75, 3.05) is 0 Å². The zero-order valence-corrected chi connectivity index (χ0v) is 27.1. The van der Waals surface area contributed by atoms with E-state index in [0.29, 0.717) is 7.25 Å². The number of hydrogen-bond acceptors (Lipinski definition) is 0. The van der Waals surface area contributed by atoms with E-state index in [4.69, 9.17) is 0 Å². The van der Waals surface area contributed by atoms with Crippen LogP contribution in [0.3, 0.4) is 0 Å². The van der Waals surface area contributed by atoms with Crippen LogP contribution in [-0.2, 0) is 23.0 Å². The quantitative estimate of drug-likeness (QED) is 0.400. The predicted molar refractivity (Wildman–Crippen MR) is 143 cm³/mol. The molecule has 3 aromatic rings. The van der Waals surface area contributed by atoms with E-state index in [9.17, 15) is 0 Å². The van der Waals surface area contributed by atoms with E-state index in [1.807, 2.05) is 0 Å². The average molecular weight is 598 g/mol. The Bertz CT molecular complexity index is 1300. The summed E-state index contributed by atoms with van der Waals surface area (Å²) in [6, 6.07) is 20.7. The molecule has 2 aliphatic rings. The maximum Gasteiger partial charge on any atom is -1.00 e. The van der Waals surface area contributed by atoms with E-state index >= 15 is 0 Å². The van der Waals surface area contributed by atoms with Crippen LogP contribution in [0.5, 0.6) is 0 Å². The van der Waals surface area contributed by atoms with Crippen LogP contribution in [0, 0.1) is 27.7 Å². The Morgan fingerprint density at radius 3 is 1.43 bits per heavy atom. The molecule has 181 valence electrons. The summed E-state index contributed by atoms with van der Waals surface area (Å²) >= 11 is -3.01. The molecule has 0 N–H and O–H groups in total. The van der Waals surface area contributed by atoms with Gasteiger partial charge in [0.2, 0.25) is 0 Å².